The Morgan fingerprint density at radius 1 is 1.13 bits per heavy atom. The van der Waals surface area contributed by atoms with E-state index in [0.717, 1.165) is 17.0 Å². The molecule has 1 atom stereocenters. The van der Waals surface area contributed by atoms with Crippen LogP contribution in [0.25, 0.3) is 0 Å². The van der Waals surface area contributed by atoms with Gasteiger partial charge in [0.1, 0.15) is 0 Å². The van der Waals surface area contributed by atoms with Crippen LogP contribution in [-0.2, 0) is 11.2 Å². The topological polar surface area (TPSA) is 89.0 Å². The normalized spacial score (nSPS) is 15.5. The van der Waals surface area contributed by atoms with E-state index in [1.165, 1.54) is 11.3 Å². The minimum Gasteiger partial charge on any atom is -0.503 e. The van der Waals surface area contributed by atoms with Crippen LogP contribution in [0.2, 0.25) is 0 Å². The zero-order valence-electron chi connectivity index (χ0n) is 22.5. The Hall–Kier alpha value is -3.65. The highest BCUT2D eigenvalue weighted by Gasteiger charge is 2.44. The number of aliphatic hydroxyl groups is 1. The minimum atomic E-state index is -0.779. The van der Waals surface area contributed by atoms with Gasteiger partial charge in [-0.3, -0.25) is 9.59 Å². The number of methoxy groups -OCH3 is 1. The van der Waals surface area contributed by atoms with Gasteiger partial charge in [-0.1, -0.05) is 50.2 Å². The molecule has 1 aromatic heterocycles. The minimum absolute atomic E-state index is 0.0605. The number of Topliss-reactive ketones (excluding diaryl/α,β-unsaturated/α-hetero) is 1. The van der Waals surface area contributed by atoms with Crippen molar-refractivity contribution in [2.75, 3.05) is 20.3 Å². The number of carbonyl (C=O) groups is 2. The van der Waals surface area contributed by atoms with E-state index in [2.05, 4.69) is 18.8 Å². The van der Waals surface area contributed by atoms with Crippen molar-refractivity contribution in [3.05, 3.63) is 86.6 Å². The van der Waals surface area contributed by atoms with Crippen LogP contribution in [0, 0.1) is 19.8 Å². The number of aromatic nitrogens is 1. The van der Waals surface area contributed by atoms with Gasteiger partial charge >= 0.3 is 0 Å². The van der Waals surface area contributed by atoms with Crippen LogP contribution in [0.15, 0.2) is 59.9 Å². The first kappa shape index (κ1) is 27.4. The molecule has 0 saturated heterocycles. The quantitative estimate of drug-likeness (QED) is 0.303. The standard InChI is InChI=1S/C30H34N2O5S/c1-18(2)14-16-37-23-12-11-22(17-24(23)36-5)26-25(27(33)29-19(3)31-20(4)38-29)28(34)30(35)32(26)15-13-21-9-7-6-8-10-21/h6-12,17-18,26,34H,13-16H2,1-5H3. The zero-order chi connectivity index (χ0) is 27.4. The zero-order valence-corrected chi connectivity index (χ0v) is 23.3. The summed E-state index contributed by atoms with van der Waals surface area (Å²) in [5, 5.41) is 11.8. The molecule has 0 bridgehead atoms. The molecular weight excluding hydrogens is 500 g/mol. The van der Waals surface area contributed by atoms with Crippen LogP contribution in [0.3, 0.4) is 0 Å². The maximum Gasteiger partial charge on any atom is 0.290 e. The summed E-state index contributed by atoms with van der Waals surface area (Å²) in [6.45, 7) is 8.73. The predicted octanol–water partition coefficient (Wildman–Crippen LogP) is 6.01. The summed E-state index contributed by atoms with van der Waals surface area (Å²) in [5.74, 6) is 0.127. The fourth-order valence-corrected chi connectivity index (χ4v) is 5.47. The molecule has 2 aromatic carbocycles. The van der Waals surface area contributed by atoms with Gasteiger partial charge in [0.05, 0.1) is 40.9 Å². The second-order valence-corrected chi connectivity index (χ2v) is 11.0. The highest BCUT2D eigenvalue weighted by molar-refractivity contribution is 7.14. The summed E-state index contributed by atoms with van der Waals surface area (Å²) in [6.07, 6.45) is 1.47. The molecule has 1 amide bonds. The molecule has 0 saturated carbocycles. The number of amides is 1. The number of hydrogen-bond donors (Lipinski definition) is 1. The summed E-state index contributed by atoms with van der Waals surface area (Å²) >= 11 is 1.26. The van der Waals surface area contributed by atoms with E-state index in [1.54, 1.807) is 31.1 Å². The Morgan fingerprint density at radius 3 is 2.50 bits per heavy atom. The molecule has 1 unspecified atom stereocenters. The van der Waals surface area contributed by atoms with Gasteiger partial charge in [-0.15, -0.1) is 11.3 Å². The molecule has 0 spiro atoms. The molecule has 0 aliphatic carbocycles. The second kappa shape index (κ2) is 11.8. The summed E-state index contributed by atoms with van der Waals surface area (Å²) in [6, 6.07) is 14.4. The molecular formula is C30H34N2O5S. The average molecular weight is 535 g/mol. The third-order valence-electron chi connectivity index (χ3n) is 6.60. The first-order valence-corrected chi connectivity index (χ1v) is 13.6. The monoisotopic (exact) mass is 534 g/mol. The van der Waals surface area contributed by atoms with E-state index >= 15 is 0 Å². The smallest absolute Gasteiger partial charge is 0.290 e. The lowest BCUT2D eigenvalue weighted by molar-refractivity contribution is -0.129. The number of nitrogens with zero attached hydrogens (tertiary/aromatic N) is 2. The lowest BCUT2D eigenvalue weighted by atomic mass is 9.94. The number of thiazole rings is 1. The molecule has 0 radical (unpaired) electrons. The maximum absolute atomic E-state index is 13.8. The van der Waals surface area contributed by atoms with Crippen molar-refractivity contribution >= 4 is 23.0 Å². The Bertz CT molecular complexity index is 1350. The number of carbonyl (C=O) groups excluding carboxylic acids is 2. The number of ketones is 1. The van der Waals surface area contributed by atoms with E-state index < -0.39 is 17.7 Å². The van der Waals surface area contributed by atoms with Crippen molar-refractivity contribution in [2.45, 2.75) is 46.6 Å². The van der Waals surface area contributed by atoms with Crippen molar-refractivity contribution in [1.82, 2.24) is 9.88 Å². The van der Waals surface area contributed by atoms with Crippen LogP contribution < -0.4 is 9.47 Å². The predicted molar refractivity (Wildman–Crippen MR) is 148 cm³/mol. The van der Waals surface area contributed by atoms with Crippen molar-refractivity contribution in [3.8, 4) is 11.5 Å². The number of rotatable bonds is 11. The number of benzene rings is 2. The van der Waals surface area contributed by atoms with E-state index in [4.69, 9.17) is 9.47 Å². The summed E-state index contributed by atoms with van der Waals surface area (Å²) in [4.78, 5) is 33.5. The number of aliphatic hydroxyl groups excluding tert-OH is 1. The summed E-state index contributed by atoms with van der Waals surface area (Å²) in [7, 11) is 1.56. The molecule has 38 heavy (non-hydrogen) atoms. The first-order valence-electron chi connectivity index (χ1n) is 12.8. The Morgan fingerprint density at radius 2 is 1.87 bits per heavy atom. The molecule has 1 aliphatic rings. The molecule has 4 rings (SSSR count). The molecule has 3 aromatic rings. The Kier molecular flexibility index (Phi) is 8.52. The van der Waals surface area contributed by atoms with Crippen LogP contribution in [0.5, 0.6) is 11.5 Å². The van der Waals surface area contributed by atoms with Crippen molar-refractivity contribution in [1.29, 1.82) is 0 Å². The van der Waals surface area contributed by atoms with Crippen molar-refractivity contribution in [3.63, 3.8) is 0 Å². The number of ether oxygens (including phenoxy) is 2. The van der Waals surface area contributed by atoms with Crippen LogP contribution >= 0.6 is 11.3 Å². The second-order valence-electron chi connectivity index (χ2n) is 9.82. The molecule has 1 N–H and O–H groups in total. The maximum atomic E-state index is 13.8. The van der Waals surface area contributed by atoms with Gasteiger partial charge in [0.2, 0.25) is 5.78 Å². The third-order valence-corrected chi connectivity index (χ3v) is 7.67. The number of hydrogen-bond acceptors (Lipinski definition) is 7. The lowest BCUT2D eigenvalue weighted by Crippen LogP contribution is -2.33. The van der Waals surface area contributed by atoms with E-state index in [9.17, 15) is 14.7 Å². The van der Waals surface area contributed by atoms with E-state index in [1.807, 2.05) is 43.3 Å². The third kappa shape index (κ3) is 5.75. The Labute approximate surface area is 227 Å². The molecule has 0 fully saturated rings. The van der Waals surface area contributed by atoms with Crippen LogP contribution in [0.1, 0.15) is 57.8 Å². The van der Waals surface area contributed by atoms with Gasteiger partial charge in [0.25, 0.3) is 5.91 Å². The van der Waals surface area contributed by atoms with Crippen LogP contribution in [-0.4, -0.2) is 46.9 Å². The highest BCUT2D eigenvalue weighted by atomic mass is 32.1. The molecule has 7 nitrogen and oxygen atoms in total. The fraction of sp³-hybridized carbons (Fsp3) is 0.367. The van der Waals surface area contributed by atoms with E-state index in [-0.39, 0.29) is 11.4 Å². The number of aryl methyl sites for hydroxylation is 2. The molecule has 2 heterocycles. The van der Waals surface area contributed by atoms with Gasteiger partial charge in [-0.05, 0) is 55.9 Å². The average Bonchev–Trinajstić information content (AvgIpc) is 3.37. The van der Waals surface area contributed by atoms with E-state index in [0.29, 0.717) is 53.1 Å². The Balaban J connectivity index is 1.73. The molecule has 1 aliphatic heterocycles. The largest absolute Gasteiger partial charge is 0.503 e. The fourth-order valence-electron chi connectivity index (χ4n) is 4.60. The summed E-state index contributed by atoms with van der Waals surface area (Å²) in [5.41, 5.74) is 2.35. The van der Waals surface area contributed by atoms with Gasteiger partial charge in [0, 0.05) is 6.54 Å². The van der Waals surface area contributed by atoms with Gasteiger partial charge in [-0.2, -0.15) is 0 Å². The first-order chi connectivity index (χ1) is 18.2. The summed E-state index contributed by atoms with van der Waals surface area (Å²) < 4.78 is 11.6. The molecule has 200 valence electrons. The molecule has 8 heteroatoms. The SMILES string of the molecule is COc1cc(C2C(C(=O)c3sc(C)nc3C)=C(O)C(=O)N2CCc2ccccc2)ccc1OCCC(C)C. The highest BCUT2D eigenvalue weighted by Crippen LogP contribution is 2.42. The van der Waals surface area contributed by atoms with Crippen molar-refractivity contribution < 1.29 is 24.2 Å². The van der Waals surface area contributed by atoms with Crippen LogP contribution in [0.4, 0.5) is 0 Å². The van der Waals surface area contributed by atoms with Crippen molar-refractivity contribution in [2.24, 2.45) is 5.92 Å². The van der Waals surface area contributed by atoms with Gasteiger partial charge in [0.15, 0.2) is 17.3 Å². The van der Waals surface area contributed by atoms with Gasteiger partial charge in [-0.25, -0.2) is 4.98 Å². The lowest BCUT2D eigenvalue weighted by Gasteiger charge is -2.27. The van der Waals surface area contributed by atoms with Gasteiger partial charge < -0.3 is 19.5 Å².